The molecular weight excluding hydrogens is 1980 g/mol. The Labute approximate surface area is 848 Å². The van der Waals surface area contributed by atoms with Gasteiger partial charge < -0.3 is 41.1 Å². The molecule has 6 fully saturated rings. The highest BCUT2D eigenvalue weighted by Gasteiger charge is 2.38. The van der Waals surface area contributed by atoms with Crippen molar-refractivity contribution >= 4 is 157 Å². The Kier molecular flexibility index (Phi) is 33.1. The van der Waals surface area contributed by atoms with Crippen LogP contribution in [0.15, 0.2) is 72.8 Å². The normalized spacial score (nSPS) is 18.6. The Hall–Kier alpha value is -9.21. The number of halogens is 9. The molecule has 18 rings (SSSR count). The lowest BCUT2D eigenvalue weighted by atomic mass is 10.0. The van der Waals surface area contributed by atoms with Crippen molar-refractivity contribution in [3.8, 4) is 6.07 Å². The number of fused-ring (bicyclic) bond motifs is 6. The van der Waals surface area contributed by atoms with Crippen molar-refractivity contribution in [3.63, 3.8) is 0 Å². The summed E-state index contributed by atoms with van der Waals surface area (Å²) in [5.74, 6) is 2.46. The van der Waals surface area contributed by atoms with Crippen LogP contribution in [0.4, 0.5) is 68.9 Å². The lowest BCUT2D eigenvalue weighted by Gasteiger charge is -2.37. The fourth-order valence-corrected chi connectivity index (χ4v) is 27.6. The number of hydrogen-bond donors (Lipinski definition) is 5. The number of anilines is 5. The van der Waals surface area contributed by atoms with Crippen LogP contribution in [0.3, 0.4) is 0 Å². The van der Waals surface area contributed by atoms with Crippen molar-refractivity contribution in [2.75, 3.05) is 150 Å². The van der Waals surface area contributed by atoms with E-state index in [0.717, 1.165) is 187 Å². The van der Waals surface area contributed by atoms with E-state index in [1.54, 1.807) is 21.6 Å². The van der Waals surface area contributed by atoms with E-state index >= 15 is 0 Å². The summed E-state index contributed by atoms with van der Waals surface area (Å²) >= 11 is 3.10. The van der Waals surface area contributed by atoms with E-state index in [-0.39, 0.29) is 67.7 Å². The second kappa shape index (κ2) is 44.3. The van der Waals surface area contributed by atoms with Gasteiger partial charge >= 0.3 is 18.5 Å². The van der Waals surface area contributed by atoms with Gasteiger partial charge in [-0.3, -0.25) is 29.4 Å². The average Bonchev–Trinajstić information content (AvgIpc) is 1.37. The van der Waals surface area contributed by atoms with Crippen molar-refractivity contribution in [1.29, 1.82) is 5.26 Å². The number of piperazine rings is 2. The maximum Gasteiger partial charge on any atom is 0.393 e. The number of nitrogens with zero attached hydrogens (tertiary/aromatic N) is 18. The van der Waals surface area contributed by atoms with E-state index in [4.69, 9.17) is 11.5 Å². The fourth-order valence-electron chi connectivity index (χ4n) is 21.4. The number of benzene rings is 3. The van der Waals surface area contributed by atoms with Gasteiger partial charge in [-0.15, -0.1) is 34.0 Å². The third-order valence-corrected chi connectivity index (χ3v) is 37.8. The van der Waals surface area contributed by atoms with Crippen molar-refractivity contribution in [3.05, 3.63) is 144 Å². The number of alkyl halides is 9. The first-order valence-corrected chi connectivity index (χ1v) is 57.5. The van der Waals surface area contributed by atoms with Crippen molar-refractivity contribution < 1.29 is 64.8 Å². The Morgan fingerprint density at radius 2 is 0.757 bits per heavy atom. The predicted octanol–water partition coefficient (Wildman–Crippen LogP) is 16.8. The average molecular weight is 2120 g/mol. The number of aromatic nitrogens is 9. The fraction of sp³-hybridized carbons (Fsp3) is 0.570. The number of nitrogens with two attached hydrogens (primary N) is 2. The zero-order valence-electron chi connectivity index (χ0n) is 83.7. The minimum Gasteiger partial charge on any atom is -0.368 e. The number of hydrogen-bond acceptors (Lipinski definition) is 27. The monoisotopic (exact) mass is 2110 g/mol. The van der Waals surface area contributed by atoms with Gasteiger partial charge in [0.15, 0.2) is 0 Å². The second-order valence-electron chi connectivity index (χ2n) is 40.0. The largest absolute Gasteiger partial charge is 0.393 e. The van der Waals surface area contributed by atoms with Crippen LogP contribution in [0.25, 0.3) is 63.4 Å². The number of sulfonamides is 2. The highest BCUT2D eigenvalue weighted by Crippen LogP contribution is 2.41. The molecule has 15 heterocycles. The number of thiophene rings is 3. The van der Waals surface area contributed by atoms with Crippen LogP contribution in [-0.2, 0) is 94.8 Å². The Morgan fingerprint density at radius 3 is 1.10 bits per heavy atom. The van der Waals surface area contributed by atoms with Crippen molar-refractivity contribution in [2.45, 2.75) is 246 Å². The minimum absolute atomic E-state index is 0.0319. The molecule has 0 radical (unpaired) electrons. The summed E-state index contributed by atoms with van der Waals surface area (Å²) < 4.78 is 200. The first-order chi connectivity index (χ1) is 68.1. The van der Waals surface area contributed by atoms with Gasteiger partial charge in [-0.25, -0.2) is 45.2 Å². The van der Waals surface area contributed by atoms with Crippen molar-refractivity contribution in [1.82, 2.24) is 81.6 Å². The maximum absolute atomic E-state index is 13.1. The van der Waals surface area contributed by atoms with Gasteiger partial charge in [0.25, 0.3) is 0 Å². The van der Waals surface area contributed by atoms with Crippen molar-refractivity contribution in [2.24, 2.45) is 0 Å². The molecule has 44 heteroatoms. The molecule has 12 aromatic rings. The summed E-state index contributed by atoms with van der Waals surface area (Å²) in [4.78, 5) is 42.8. The van der Waals surface area contributed by atoms with Gasteiger partial charge in [0, 0.05) is 239 Å². The first-order valence-electron chi connectivity index (χ1n) is 49.7. The molecule has 0 unspecified atom stereocenters. The van der Waals surface area contributed by atoms with Crippen LogP contribution in [0.2, 0.25) is 0 Å². The van der Waals surface area contributed by atoms with E-state index in [2.05, 4.69) is 199 Å². The molecule has 782 valence electrons. The van der Waals surface area contributed by atoms with Gasteiger partial charge in [0.1, 0.15) is 59.4 Å². The zero-order valence-corrected chi connectivity index (χ0v) is 88.6. The Balaban J connectivity index is 0.000000155. The summed E-state index contributed by atoms with van der Waals surface area (Å²) in [5, 5.41) is 25.7. The summed E-state index contributed by atoms with van der Waals surface area (Å²) in [6.07, 6.45) is -5.90. The molecule has 3 aromatic carbocycles. The summed E-state index contributed by atoms with van der Waals surface area (Å²) in [5.41, 5.74) is 25.9. The third-order valence-electron chi connectivity index (χ3n) is 29.8. The van der Waals surface area contributed by atoms with Crippen LogP contribution in [0.1, 0.15) is 157 Å². The maximum atomic E-state index is 13.1. The van der Waals surface area contributed by atoms with Gasteiger partial charge in [0.2, 0.25) is 31.9 Å². The standard InChI is InChI=1S/C34H46F3N7O2S2.C33H42F3N9O2S2.C33H44F3N7O2S2/c1-6-31-39-32(29-18-27(19-34(35,36)37)47-33(29)40-31)38-26-9-11-41(12-10-26)21-25-7-8-30-28(24(25)4)17-22(2)44(30)20-23(3)42-13-15-43(16-14-42)48(5,45)46;1-4-49(46,47)44-13-11-43(12-14-44)21(2)19-45-25(18-37)15-27-22(3)23(5-6-29(27)45)20-42-9-7-24(8-10-42)39-30-28-16-26(17-33(34,35)36)48-31(28)41-32(38)40-30;1-20-15-27-22(3)23(5-6-29(27)43(20)18-21(2)42-13-9-26(10-14-42)47(4,44)45)19-41-11-7-24(8-12-41)38-30-28-16-25(17-33(34,35)36)46-31(28)40-32(37)39-30/h7-8,17-18,23,26H,6,9-16,19-21H2,1-5H3,(H,38,39,40);5-6,15-16,21,24H,4,7-14,17,19-20H2,1-3H3,(H3,38,39,40,41);5-6,15-16,21,24,26H,7-14,17-19H2,1-4H3,(H3,37,38,39,40)/t23-;2*21-/m000/s1. The molecule has 0 amide bonds. The van der Waals surface area contributed by atoms with E-state index in [1.807, 2.05) is 13.0 Å². The molecule has 6 saturated heterocycles. The molecule has 0 saturated carbocycles. The highest BCUT2D eigenvalue weighted by molar-refractivity contribution is 7.91. The van der Waals surface area contributed by atoms with E-state index in [0.29, 0.717) is 131 Å². The number of aryl methyl sites for hydroxylation is 6. The molecule has 6 aliphatic heterocycles. The first kappa shape index (κ1) is 108. The molecular formula is C100H132F9N23O6S6. The summed E-state index contributed by atoms with van der Waals surface area (Å²) in [6, 6.07) is 27.9. The molecule has 9 aromatic heterocycles. The van der Waals surface area contributed by atoms with Crippen LogP contribution in [0.5, 0.6) is 0 Å². The van der Waals surface area contributed by atoms with E-state index in [9.17, 15) is 70.0 Å². The second-order valence-corrected chi connectivity index (χ2v) is 49.9. The molecule has 6 aliphatic rings. The number of sulfone groups is 1. The van der Waals surface area contributed by atoms with Gasteiger partial charge in [-0.1, -0.05) is 25.1 Å². The number of nitrogen functional groups attached to an aromatic ring is 2. The Bertz CT molecular complexity index is 7010. The summed E-state index contributed by atoms with van der Waals surface area (Å²) in [7, 11) is -9.33. The van der Waals surface area contributed by atoms with Gasteiger partial charge in [0.05, 0.1) is 52.7 Å². The number of piperidine rings is 4. The lowest BCUT2D eigenvalue weighted by molar-refractivity contribution is -0.127. The molecule has 0 spiro atoms. The molecule has 3 atom stereocenters. The van der Waals surface area contributed by atoms with Crippen LogP contribution < -0.4 is 27.4 Å². The molecule has 29 nitrogen and oxygen atoms in total. The minimum atomic E-state index is -4.30. The quantitative estimate of drug-likeness (QED) is 0.0272. The summed E-state index contributed by atoms with van der Waals surface area (Å²) in [6.45, 7) is 37.6. The number of nitriles is 1. The number of rotatable bonds is 29. The van der Waals surface area contributed by atoms with Crippen LogP contribution >= 0.6 is 34.0 Å². The van der Waals surface area contributed by atoms with Gasteiger partial charge in [-0.2, -0.15) is 63.4 Å². The van der Waals surface area contributed by atoms with Gasteiger partial charge in [-0.05, 0) is 215 Å². The predicted molar refractivity (Wildman–Crippen MR) is 558 cm³/mol. The third kappa shape index (κ3) is 26.0. The van der Waals surface area contributed by atoms with E-state index in [1.165, 1.54) is 85.7 Å². The molecule has 0 aliphatic carbocycles. The zero-order chi connectivity index (χ0) is 103. The van der Waals surface area contributed by atoms with E-state index < -0.39 is 67.7 Å². The lowest BCUT2D eigenvalue weighted by Crippen LogP contribution is -2.52. The Morgan fingerprint density at radius 1 is 0.424 bits per heavy atom. The highest BCUT2D eigenvalue weighted by atomic mass is 32.2. The number of nitrogens with one attached hydrogen (secondary N) is 3. The SMILES string of the molecule is CCS(=O)(=O)N1CCN([C@@H](C)Cn2c(C#N)cc3c(C)c(CN4CCC(Nc5nc(N)nc6sc(CC(F)(F)F)cc56)CC4)ccc32)CC1.CCc1nc(NC2CCN(Cc3ccc4c(cc(C)n4C[C@H](C)N4CCN(S(C)(=O)=O)CC4)c3C)CC2)c2cc(CC(F)(F)F)sc2n1.Cc1c(CN2CCC(Nc3nc(N)nc4sc(CC(F)(F)F)cc34)CC2)ccc2c1cc(C)n2C[C@H](C)N1CCC(S(C)(=O)=O)CC1. The van der Waals surface area contributed by atoms with Crippen LogP contribution in [0, 0.1) is 45.9 Å². The smallest absolute Gasteiger partial charge is 0.368 e. The molecule has 0 bridgehead atoms. The van der Waals surface area contributed by atoms with Crippen LogP contribution in [-0.4, -0.2) is 290 Å². The molecule has 7 N–H and O–H groups in total. The topological polar surface area (TPSA) is 332 Å². The molecule has 144 heavy (non-hydrogen) atoms. The number of likely N-dealkylation sites (tertiary alicyclic amines) is 4.